The van der Waals surface area contributed by atoms with Gasteiger partial charge in [-0.25, -0.2) is 0 Å². The molecule has 2 amide bonds. The van der Waals surface area contributed by atoms with Crippen molar-refractivity contribution in [2.24, 2.45) is 0 Å². The van der Waals surface area contributed by atoms with E-state index in [9.17, 15) is 9.59 Å². The van der Waals surface area contributed by atoms with Gasteiger partial charge >= 0.3 is 0 Å². The maximum Gasteiger partial charge on any atom is 0.265 e. The quantitative estimate of drug-likeness (QED) is 0.821. The van der Waals surface area contributed by atoms with Crippen LogP contribution in [0.3, 0.4) is 0 Å². The monoisotopic (exact) mass is 360 g/mol. The van der Waals surface area contributed by atoms with Crippen LogP contribution in [0.5, 0.6) is 5.75 Å². The first-order chi connectivity index (χ1) is 11.9. The summed E-state index contributed by atoms with van der Waals surface area (Å²) in [5.41, 5.74) is 0.840. The second kappa shape index (κ2) is 8.53. The molecule has 6 heteroatoms. The van der Waals surface area contributed by atoms with Crippen molar-refractivity contribution in [1.29, 1.82) is 0 Å². The molecular formula is C19H21ClN2O3. The molecular weight excluding hydrogens is 340 g/mol. The van der Waals surface area contributed by atoms with Gasteiger partial charge in [-0.15, -0.1) is 0 Å². The van der Waals surface area contributed by atoms with E-state index in [0.717, 1.165) is 0 Å². The second-order valence-electron chi connectivity index (χ2n) is 5.88. The fraction of sp³-hybridized carbons (Fsp3) is 0.263. The zero-order valence-electron chi connectivity index (χ0n) is 14.4. The van der Waals surface area contributed by atoms with Crippen LogP contribution < -0.4 is 15.4 Å². The number of amides is 2. The van der Waals surface area contributed by atoms with Crippen LogP contribution in [-0.4, -0.2) is 24.0 Å². The van der Waals surface area contributed by atoms with Crippen molar-refractivity contribution < 1.29 is 14.3 Å². The fourth-order valence-corrected chi connectivity index (χ4v) is 2.34. The van der Waals surface area contributed by atoms with Crippen LogP contribution in [0.1, 0.15) is 31.1 Å². The normalized spacial score (nSPS) is 11.7. The molecule has 0 saturated heterocycles. The van der Waals surface area contributed by atoms with Crippen molar-refractivity contribution in [2.75, 3.05) is 5.32 Å². The molecule has 2 rings (SSSR count). The summed E-state index contributed by atoms with van der Waals surface area (Å²) in [5.74, 6) is -0.0972. The molecule has 0 aliphatic rings. The number of hydrogen-bond acceptors (Lipinski definition) is 3. The lowest BCUT2D eigenvalue weighted by Gasteiger charge is -2.17. The van der Waals surface area contributed by atoms with Gasteiger partial charge in [-0.1, -0.05) is 29.8 Å². The molecule has 2 N–H and O–H groups in total. The van der Waals surface area contributed by atoms with E-state index in [1.165, 1.54) is 0 Å². The van der Waals surface area contributed by atoms with Crippen LogP contribution in [0.4, 0.5) is 5.69 Å². The van der Waals surface area contributed by atoms with Crippen LogP contribution in [0, 0.1) is 0 Å². The van der Waals surface area contributed by atoms with Crippen LogP contribution in [0.2, 0.25) is 5.02 Å². The number of rotatable bonds is 6. The molecule has 0 saturated carbocycles. The van der Waals surface area contributed by atoms with Crippen LogP contribution in [0.25, 0.3) is 0 Å². The molecule has 2 aromatic carbocycles. The molecule has 0 aliphatic carbocycles. The zero-order valence-corrected chi connectivity index (χ0v) is 15.1. The molecule has 0 spiro atoms. The van der Waals surface area contributed by atoms with E-state index in [0.29, 0.717) is 22.0 Å². The summed E-state index contributed by atoms with van der Waals surface area (Å²) in [6.45, 7) is 5.38. The van der Waals surface area contributed by atoms with Crippen molar-refractivity contribution >= 4 is 29.1 Å². The smallest absolute Gasteiger partial charge is 0.265 e. The van der Waals surface area contributed by atoms with Crippen molar-refractivity contribution in [1.82, 2.24) is 5.32 Å². The highest BCUT2D eigenvalue weighted by Gasteiger charge is 2.18. The SMILES string of the molecule is CC(C)NC(=O)c1ccccc1NC(=O)[C@H](C)Oc1cccc(Cl)c1. The minimum atomic E-state index is -0.750. The first kappa shape index (κ1) is 18.8. The lowest BCUT2D eigenvalue weighted by molar-refractivity contribution is -0.122. The molecule has 25 heavy (non-hydrogen) atoms. The summed E-state index contributed by atoms with van der Waals surface area (Å²) >= 11 is 5.91. The van der Waals surface area contributed by atoms with Gasteiger partial charge < -0.3 is 15.4 Å². The number of carbonyl (C=O) groups is 2. The first-order valence-corrected chi connectivity index (χ1v) is 8.37. The van der Waals surface area contributed by atoms with E-state index in [1.807, 2.05) is 13.8 Å². The third-order valence-corrected chi connectivity index (χ3v) is 3.56. The third-order valence-electron chi connectivity index (χ3n) is 3.33. The maximum atomic E-state index is 12.4. The molecule has 0 heterocycles. The van der Waals surface area contributed by atoms with E-state index >= 15 is 0 Å². The number of para-hydroxylation sites is 1. The molecule has 5 nitrogen and oxygen atoms in total. The Balaban J connectivity index is 2.08. The summed E-state index contributed by atoms with van der Waals surface area (Å²) in [5, 5.41) is 6.08. The van der Waals surface area contributed by atoms with Gasteiger partial charge in [-0.05, 0) is 51.1 Å². The topological polar surface area (TPSA) is 67.4 Å². The van der Waals surface area contributed by atoms with Gasteiger partial charge in [-0.3, -0.25) is 9.59 Å². The molecule has 0 aromatic heterocycles. The van der Waals surface area contributed by atoms with E-state index in [-0.39, 0.29) is 17.9 Å². The summed E-state index contributed by atoms with van der Waals surface area (Å²) in [6.07, 6.45) is -0.750. The van der Waals surface area contributed by atoms with Gasteiger partial charge in [0.1, 0.15) is 5.75 Å². The van der Waals surface area contributed by atoms with Gasteiger partial charge in [-0.2, -0.15) is 0 Å². The number of nitrogens with one attached hydrogen (secondary N) is 2. The van der Waals surface area contributed by atoms with Crippen molar-refractivity contribution in [3.63, 3.8) is 0 Å². The highest BCUT2D eigenvalue weighted by molar-refractivity contribution is 6.30. The highest BCUT2D eigenvalue weighted by Crippen LogP contribution is 2.20. The number of halogens is 1. The number of carbonyl (C=O) groups excluding carboxylic acids is 2. The fourth-order valence-electron chi connectivity index (χ4n) is 2.16. The van der Waals surface area contributed by atoms with Crippen molar-refractivity contribution in [3.8, 4) is 5.75 Å². The minimum absolute atomic E-state index is 0.00124. The predicted octanol–water partition coefficient (Wildman–Crippen LogP) is 3.88. The number of ether oxygens (including phenoxy) is 1. The third kappa shape index (κ3) is 5.50. The summed E-state index contributed by atoms with van der Waals surface area (Å²) in [7, 11) is 0. The largest absolute Gasteiger partial charge is 0.481 e. The summed E-state index contributed by atoms with van der Waals surface area (Å²) in [4.78, 5) is 24.6. The molecule has 0 fully saturated rings. The van der Waals surface area contributed by atoms with Gasteiger partial charge in [0.25, 0.3) is 11.8 Å². The minimum Gasteiger partial charge on any atom is -0.481 e. The number of hydrogen-bond donors (Lipinski definition) is 2. The lowest BCUT2D eigenvalue weighted by atomic mass is 10.1. The van der Waals surface area contributed by atoms with Crippen molar-refractivity contribution in [3.05, 3.63) is 59.1 Å². The van der Waals surface area contributed by atoms with E-state index in [2.05, 4.69) is 10.6 Å². The lowest BCUT2D eigenvalue weighted by Crippen LogP contribution is -2.33. The standard InChI is InChI=1S/C19H21ClN2O3/c1-12(2)21-19(24)16-9-4-5-10-17(16)22-18(23)13(3)25-15-8-6-7-14(20)11-15/h4-13H,1-3H3,(H,21,24)(H,22,23)/t13-/m0/s1. The van der Waals surface area contributed by atoms with Crippen LogP contribution in [-0.2, 0) is 4.79 Å². The van der Waals surface area contributed by atoms with Crippen LogP contribution in [0.15, 0.2) is 48.5 Å². The zero-order chi connectivity index (χ0) is 18.4. The molecule has 132 valence electrons. The van der Waals surface area contributed by atoms with Gasteiger partial charge in [0, 0.05) is 11.1 Å². The van der Waals surface area contributed by atoms with Gasteiger partial charge in [0.2, 0.25) is 0 Å². The van der Waals surface area contributed by atoms with E-state index in [4.69, 9.17) is 16.3 Å². The molecule has 1 atom stereocenters. The Kier molecular flexibility index (Phi) is 6.42. The first-order valence-electron chi connectivity index (χ1n) is 8.00. The molecule has 0 unspecified atom stereocenters. The predicted molar refractivity (Wildman–Crippen MR) is 99.2 cm³/mol. The average molecular weight is 361 g/mol. The Morgan fingerprint density at radius 3 is 2.44 bits per heavy atom. The Hall–Kier alpha value is -2.53. The molecule has 2 aromatic rings. The van der Waals surface area contributed by atoms with E-state index < -0.39 is 6.10 Å². The van der Waals surface area contributed by atoms with E-state index in [1.54, 1.807) is 55.5 Å². The Morgan fingerprint density at radius 1 is 1.04 bits per heavy atom. The molecule has 0 radical (unpaired) electrons. The highest BCUT2D eigenvalue weighted by atomic mass is 35.5. The average Bonchev–Trinajstić information content (AvgIpc) is 2.54. The van der Waals surface area contributed by atoms with Crippen LogP contribution >= 0.6 is 11.6 Å². The Labute approximate surface area is 152 Å². The maximum absolute atomic E-state index is 12.4. The molecule has 0 bridgehead atoms. The van der Waals surface area contributed by atoms with Crippen molar-refractivity contribution in [2.45, 2.75) is 32.9 Å². The summed E-state index contributed by atoms with van der Waals surface area (Å²) in [6, 6.07) is 13.7. The second-order valence-corrected chi connectivity index (χ2v) is 6.32. The van der Waals surface area contributed by atoms with Gasteiger partial charge in [0.15, 0.2) is 6.10 Å². The Morgan fingerprint density at radius 2 is 1.76 bits per heavy atom. The summed E-state index contributed by atoms with van der Waals surface area (Å²) < 4.78 is 5.60. The number of benzene rings is 2. The molecule has 0 aliphatic heterocycles. The Bertz CT molecular complexity index is 762. The van der Waals surface area contributed by atoms with Gasteiger partial charge in [0.05, 0.1) is 11.3 Å². The number of anilines is 1.